The van der Waals surface area contributed by atoms with Gasteiger partial charge in [0.05, 0.1) is 13.2 Å². The molecule has 0 amide bonds. The quantitative estimate of drug-likeness (QED) is 0.301. The number of nitrogens with zero attached hydrogens (tertiary/aromatic N) is 1. The number of aliphatic imine (C=N–C) groups is 1. The standard InChI is InChI=1S/C23H45NO3/c1-3-4-5-6-7-8-9-10-11-12-13-14-15-16-17-21(2)22-24-23(18-25,19-26)20-27-22/h21,25-26H,3-20H2,1-2H3. The van der Waals surface area contributed by atoms with E-state index in [1.165, 1.54) is 89.9 Å². The van der Waals surface area contributed by atoms with Crippen molar-refractivity contribution in [3.63, 3.8) is 0 Å². The van der Waals surface area contributed by atoms with Crippen LogP contribution in [0.25, 0.3) is 0 Å². The summed E-state index contributed by atoms with van der Waals surface area (Å²) in [6.07, 6.45) is 20.4. The zero-order chi connectivity index (χ0) is 19.8. The van der Waals surface area contributed by atoms with Crippen molar-refractivity contribution in [2.45, 2.75) is 116 Å². The SMILES string of the molecule is CCCCCCCCCCCCCCCCC(C)C1=NC(CO)(CO)CO1. The number of rotatable bonds is 18. The van der Waals surface area contributed by atoms with Crippen LogP contribution in [0.1, 0.15) is 110 Å². The van der Waals surface area contributed by atoms with E-state index in [1.807, 2.05) is 0 Å². The summed E-state index contributed by atoms with van der Waals surface area (Å²) < 4.78 is 5.61. The summed E-state index contributed by atoms with van der Waals surface area (Å²) in [5, 5.41) is 18.8. The Balaban J connectivity index is 1.90. The molecule has 0 aromatic heterocycles. The summed E-state index contributed by atoms with van der Waals surface area (Å²) in [5.74, 6) is 0.995. The van der Waals surface area contributed by atoms with Crippen LogP contribution in [0.15, 0.2) is 4.99 Å². The first-order chi connectivity index (χ1) is 13.2. The third-order valence-corrected chi connectivity index (χ3v) is 5.84. The van der Waals surface area contributed by atoms with Gasteiger partial charge in [-0.1, -0.05) is 104 Å². The van der Waals surface area contributed by atoms with E-state index < -0.39 is 5.54 Å². The van der Waals surface area contributed by atoms with Gasteiger partial charge in [0.15, 0.2) is 5.90 Å². The Morgan fingerprint density at radius 3 is 1.67 bits per heavy atom. The number of ether oxygens (including phenoxy) is 1. The van der Waals surface area contributed by atoms with Gasteiger partial charge < -0.3 is 14.9 Å². The van der Waals surface area contributed by atoms with Crippen LogP contribution in [0, 0.1) is 5.92 Å². The zero-order valence-corrected chi connectivity index (χ0v) is 18.1. The molecule has 0 aliphatic carbocycles. The van der Waals surface area contributed by atoms with Crippen molar-refractivity contribution in [2.24, 2.45) is 10.9 Å². The highest BCUT2D eigenvalue weighted by Gasteiger charge is 2.36. The van der Waals surface area contributed by atoms with E-state index in [9.17, 15) is 10.2 Å². The molecule has 0 radical (unpaired) electrons. The van der Waals surface area contributed by atoms with Gasteiger partial charge in [0.2, 0.25) is 0 Å². The summed E-state index contributed by atoms with van der Waals surface area (Å²) in [5.41, 5.74) is -0.806. The molecule has 0 saturated heterocycles. The van der Waals surface area contributed by atoms with Gasteiger partial charge in [-0.3, -0.25) is 0 Å². The number of hydrogen-bond donors (Lipinski definition) is 2. The van der Waals surface area contributed by atoms with E-state index in [0.717, 1.165) is 6.42 Å². The van der Waals surface area contributed by atoms with Crippen LogP contribution < -0.4 is 0 Å². The molecule has 1 rings (SSSR count). The van der Waals surface area contributed by atoms with Crippen LogP contribution >= 0.6 is 0 Å². The van der Waals surface area contributed by atoms with Crippen molar-refractivity contribution in [2.75, 3.05) is 19.8 Å². The Morgan fingerprint density at radius 2 is 1.26 bits per heavy atom. The second-order valence-electron chi connectivity index (χ2n) is 8.57. The lowest BCUT2D eigenvalue weighted by atomic mass is 10.0. The third kappa shape index (κ3) is 10.5. The normalized spacial score (nSPS) is 17.0. The lowest BCUT2D eigenvalue weighted by Gasteiger charge is -2.16. The minimum Gasteiger partial charge on any atom is -0.478 e. The molecule has 4 heteroatoms. The van der Waals surface area contributed by atoms with Gasteiger partial charge >= 0.3 is 0 Å². The molecular weight excluding hydrogens is 338 g/mol. The average molecular weight is 384 g/mol. The molecule has 160 valence electrons. The van der Waals surface area contributed by atoms with Crippen LogP contribution in [0.4, 0.5) is 0 Å². The van der Waals surface area contributed by atoms with E-state index in [-0.39, 0.29) is 19.1 Å². The van der Waals surface area contributed by atoms with Gasteiger partial charge in [-0.2, -0.15) is 0 Å². The minimum atomic E-state index is -0.806. The topological polar surface area (TPSA) is 62.1 Å². The Labute approximate surface area is 167 Å². The molecule has 1 aliphatic rings. The summed E-state index contributed by atoms with van der Waals surface area (Å²) in [6, 6.07) is 0. The average Bonchev–Trinajstić information content (AvgIpc) is 3.13. The largest absolute Gasteiger partial charge is 0.478 e. The maximum Gasteiger partial charge on any atom is 0.187 e. The fourth-order valence-electron chi connectivity index (χ4n) is 3.74. The number of hydrogen-bond acceptors (Lipinski definition) is 4. The van der Waals surface area contributed by atoms with Crippen LogP contribution in [-0.4, -0.2) is 41.5 Å². The van der Waals surface area contributed by atoms with Crippen molar-refractivity contribution < 1.29 is 14.9 Å². The van der Waals surface area contributed by atoms with Crippen molar-refractivity contribution in [3.8, 4) is 0 Å². The van der Waals surface area contributed by atoms with Crippen molar-refractivity contribution in [3.05, 3.63) is 0 Å². The molecule has 2 N–H and O–H groups in total. The zero-order valence-electron chi connectivity index (χ0n) is 18.1. The van der Waals surface area contributed by atoms with Crippen LogP contribution in [0.3, 0.4) is 0 Å². The highest BCUT2D eigenvalue weighted by molar-refractivity contribution is 5.80. The minimum absolute atomic E-state index is 0.154. The predicted octanol–water partition coefficient (Wildman–Crippen LogP) is 5.65. The van der Waals surface area contributed by atoms with Crippen molar-refractivity contribution in [1.82, 2.24) is 0 Å². The Bertz CT molecular complexity index is 380. The molecule has 0 aromatic rings. The lowest BCUT2D eigenvalue weighted by molar-refractivity contribution is 0.0967. The number of unbranched alkanes of at least 4 members (excludes halogenated alkanes) is 13. The van der Waals surface area contributed by atoms with E-state index in [1.54, 1.807) is 0 Å². The highest BCUT2D eigenvalue weighted by atomic mass is 16.5. The molecule has 1 heterocycles. The van der Waals surface area contributed by atoms with E-state index in [0.29, 0.717) is 12.5 Å². The van der Waals surface area contributed by atoms with Crippen LogP contribution in [0.5, 0.6) is 0 Å². The van der Waals surface area contributed by atoms with E-state index in [2.05, 4.69) is 18.8 Å². The number of aliphatic hydroxyl groups excluding tert-OH is 2. The molecular formula is C23H45NO3. The molecule has 1 unspecified atom stereocenters. The smallest absolute Gasteiger partial charge is 0.187 e. The second kappa shape index (κ2) is 15.3. The van der Waals surface area contributed by atoms with Crippen LogP contribution in [-0.2, 0) is 4.74 Å². The molecule has 0 bridgehead atoms. The first-order valence-electron chi connectivity index (χ1n) is 11.6. The van der Waals surface area contributed by atoms with E-state index in [4.69, 9.17) is 4.74 Å². The molecule has 4 nitrogen and oxygen atoms in total. The summed E-state index contributed by atoms with van der Waals surface area (Å²) in [7, 11) is 0. The van der Waals surface area contributed by atoms with Crippen molar-refractivity contribution in [1.29, 1.82) is 0 Å². The maximum atomic E-state index is 9.38. The molecule has 27 heavy (non-hydrogen) atoms. The fourth-order valence-corrected chi connectivity index (χ4v) is 3.74. The molecule has 0 spiro atoms. The molecule has 1 aliphatic heterocycles. The molecule has 0 fully saturated rings. The summed E-state index contributed by atoms with van der Waals surface area (Å²) in [4.78, 5) is 4.44. The predicted molar refractivity (Wildman–Crippen MR) is 114 cm³/mol. The number of aliphatic hydroxyl groups is 2. The first kappa shape index (κ1) is 24.4. The second-order valence-corrected chi connectivity index (χ2v) is 8.57. The maximum absolute atomic E-state index is 9.38. The summed E-state index contributed by atoms with van der Waals surface area (Å²) in [6.45, 7) is 4.40. The molecule has 0 aromatic carbocycles. The molecule has 1 atom stereocenters. The fraction of sp³-hybridized carbons (Fsp3) is 0.957. The lowest BCUT2D eigenvalue weighted by Crippen LogP contribution is -2.37. The first-order valence-corrected chi connectivity index (χ1v) is 11.6. The van der Waals surface area contributed by atoms with Gasteiger partial charge in [0.25, 0.3) is 0 Å². The third-order valence-electron chi connectivity index (χ3n) is 5.84. The Morgan fingerprint density at radius 1 is 0.815 bits per heavy atom. The molecule has 0 saturated carbocycles. The summed E-state index contributed by atoms with van der Waals surface area (Å²) >= 11 is 0. The van der Waals surface area contributed by atoms with Gasteiger partial charge in [0.1, 0.15) is 12.1 Å². The Kier molecular flexibility index (Phi) is 13.9. The van der Waals surface area contributed by atoms with Gasteiger partial charge in [-0.25, -0.2) is 4.99 Å². The Hall–Kier alpha value is -0.610. The highest BCUT2D eigenvalue weighted by Crippen LogP contribution is 2.24. The van der Waals surface area contributed by atoms with Gasteiger partial charge in [-0.05, 0) is 6.42 Å². The van der Waals surface area contributed by atoms with E-state index >= 15 is 0 Å². The van der Waals surface area contributed by atoms with Gasteiger partial charge in [0, 0.05) is 5.92 Å². The van der Waals surface area contributed by atoms with Gasteiger partial charge in [-0.15, -0.1) is 0 Å². The van der Waals surface area contributed by atoms with Crippen molar-refractivity contribution >= 4 is 5.90 Å². The van der Waals surface area contributed by atoms with Crippen LogP contribution in [0.2, 0.25) is 0 Å². The monoisotopic (exact) mass is 383 g/mol.